The number of methoxy groups -OCH3 is 1. The van der Waals surface area contributed by atoms with Gasteiger partial charge in [-0.05, 0) is 48.9 Å². The van der Waals surface area contributed by atoms with Crippen molar-refractivity contribution in [1.82, 2.24) is 15.2 Å². The van der Waals surface area contributed by atoms with Crippen LogP contribution in [-0.2, 0) is 0 Å². The molecule has 0 aliphatic rings. The molecule has 4 rings (SSSR count). The molecular weight excluding hydrogens is 364 g/mol. The minimum Gasteiger partial charge on any atom is -0.507 e. The zero-order chi connectivity index (χ0) is 19.0. The molecule has 0 saturated carbocycles. The van der Waals surface area contributed by atoms with E-state index >= 15 is 0 Å². The summed E-state index contributed by atoms with van der Waals surface area (Å²) in [5.74, 6) is 0.500. The average Bonchev–Trinajstić information content (AvgIpc) is 3.27. The smallest absolute Gasteiger partial charge is 0.275 e. The molecule has 0 bridgehead atoms. The van der Waals surface area contributed by atoms with E-state index in [0.717, 1.165) is 21.5 Å². The van der Waals surface area contributed by atoms with Gasteiger partial charge in [0.15, 0.2) is 5.13 Å². The summed E-state index contributed by atoms with van der Waals surface area (Å²) in [4.78, 5) is 16.9. The molecule has 136 valence electrons. The number of benzene rings is 2. The highest BCUT2D eigenvalue weighted by molar-refractivity contribution is 7.22. The number of phenols is 1. The van der Waals surface area contributed by atoms with Gasteiger partial charge >= 0.3 is 0 Å². The van der Waals surface area contributed by atoms with Crippen molar-refractivity contribution in [3.63, 3.8) is 0 Å². The lowest BCUT2D eigenvalue weighted by Gasteiger charge is -2.01. The quantitative estimate of drug-likeness (QED) is 0.498. The third kappa shape index (κ3) is 3.34. The lowest BCUT2D eigenvalue weighted by Crippen LogP contribution is -2.11. The number of aromatic amines is 1. The first-order valence-corrected chi connectivity index (χ1v) is 8.96. The van der Waals surface area contributed by atoms with Crippen molar-refractivity contribution in [1.29, 1.82) is 0 Å². The molecule has 0 saturated heterocycles. The van der Waals surface area contributed by atoms with E-state index in [-0.39, 0.29) is 17.4 Å². The van der Waals surface area contributed by atoms with Gasteiger partial charge < -0.3 is 9.84 Å². The summed E-state index contributed by atoms with van der Waals surface area (Å²) in [6.45, 7) is 1.89. The molecule has 0 spiro atoms. The number of thiazole rings is 1. The van der Waals surface area contributed by atoms with Crippen LogP contribution in [0.1, 0.15) is 16.1 Å². The number of fused-ring (bicyclic) bond motifs is 1. The monoisotopic (exact) mass is 380 g/mol. The van der Waals surface area contributed by atoms with Crippen LogP contribution in [0.2, 0.25) is 0 Å². The van der Waals surface area contributed by atoms with Gasteiger partial charge in [-0.15, -0.1) is 0 Å². The van der Waals surface area contributed by atoms with E-state index in [9.17, 15) is 9.90 Å². The molecule has 2 aromatic carbocycles. The number of carbonyl (C=O) groups is 1. The SMILES string of the molecule is COc1ccc2nc(NC(=O)c3cc(-c4ccc(C)cc4O)n[nH]3)sc2c1. The summed E-state index contributed by atoms with van der Waals surface area (Å²) >= 11 is 1.36. The van der Waals surface area contributed by atoms with Crippen molar-refractivity contribution in [2.45, 2.75) is 6.92 Å². The predicted molar refractivity (Wildman–Crippen MR) is 105 cm³/mol. The topological polar surface area (TPSA) is 100 Å². The number of hydrogen-bond donors (Lipinski definition) is 3. The standard InChI is InChI=1S/C19H16N4O3S/c1-10-3-5-12(16(24)7-10)14-9-15(23-22-14)18(25)21-19-20-13-6-4-11(26-2)8-17(13)27-19/h3-9,24H,1-2H3,(H,22,23)(H,20,21,25). The molecule has 0 radical (unpaired) electrons. The van der Waals surface area contributed by atoms with Crippen LogP contribution in [0.5, 0.6) is 11.5 Å². The van der Waals surface area contributed by atoms with Gasteiger partial charge in [0.25, 0.3) is 5.91 Å². The highest BCUT2D eigenvalue weighted by Crippen LogP contribution is 2.31. The number of H-pyrrole nitrogens is 1. The number of nitrogens with zero attached hydrogens (tertiary/aromatic N) is 2. The number of amides is 1. The number of aryl methyl sites for hydroxylation is 1. The van der Waals surface area contributed by atoms with E-state index in [1.165, 1.54) is 11.3 Å². The molecule has 0 fully saturated rings. The Morgan fingerprint density at radius 2 is 2.07 bits per heavy atom. The molecule has 2 heterocycles. The van der Waals surface area contributed by atoms with Crippen LogP contribution in [0.3, 0.4) is 0 Å². The number of aromatic hydroxyl groups is 1. The first-order valence-electron chi connectivity index (χ1n) is 8.15. The van der Waals surface area contributed by atoms with Gasteiger partial charge in [0, 0.05) is 5.56 Å². The van der Waals surface area contributed by atoms with E-state index in [1.807, 2.05) is 31.2 Å². The molecule has 8 heteroatoms. The van der Waals surface area contributed by atoms with Crippen molar-refractivity contribution < 1.29 is 14.6 Å². The number of aromatic nitrogens is 3. The van der Waals surface area contributed by atoms with Gasteiger partial charge in [-0.25, -0.2) is 4.98 Å². The van der Waals surface area contributed by atoms with Crippen LogP contribution < -0.4 is 10.1 Å². The minimum absolute atomic E-state index is 0.119. The van der Waals surface area contributed by atoms with Crippen molar-refractivity contribution in [2.24, 2.45) is 0 Å². The third-order valence-corrected chi connectivity index (χ3v) is 5.00. The second-order valence-electron chi connectivity index (χ2n) is 5.99. The average molecular weight is 380 g/mol. The fraction of sp³-hybridized carbons (Fsp3) is 0.105. The van der Waals surface area contributed by atoms with Crippen LogP contribution in [0.25, 0.3) is 21.5 Å². The molecule has 1 amide bonds. The molecule has 0 aliphatic heterocycles. The first kappa shape index (κ1) is 17.0. The van der Waals surface area contributed by atoms with Gasteiger partial charge in [0.2, 0.25) is 0 Å². The second kappa shape index (κ2) is 6.73. The summed E-state index contributed by atoms with van der Waals surface area (Å²) in [6, 6.07) is 12.4. The highest BCUT2D eigenvalue weighted by Gasteiger charge is 2.15. The number of nitrogens with one attached hydrogen (secondary N) is 2. The third-order valence-electron chi connectivity index (χ3n) is 4.07. The number of hydrogen-bond acceptors (Lipinski definition) is 6. The Bertz CT molecular complexity index is 1150. The van der Waals surface area contributed by atoms with Gasteiger partial charge in [-0.2, -0.15) is 5.10 Å². The van der Waals surface area contributed by atoms with Crippen LogP contribution in [0.4, 0.5) is 5.13 Å². The maximum Gasteiger partial charge on any atom is 0.275 e. The van der Waals surface area contributed by atoms with Crippen LogP contribution in [0, 0.1) is 6.92 Å². The first-order chi connectivity index (χ1) is 13.0. The molecule has 3 N–H and O–H groups in total. The lowest BCUT2D eigenvalue weighted by molar-refractivity contribution is 0.102. The van der Waals surface area contributed by atoms with Crippen LogP contribution >= 0.6 is 11.3 Å². The zero-order valence-corrected chi connectivity index (χ0v) is 15.4. The number of phenolic OH excluding ortho intramolecular Hbond substituents is 1. The zero-order valence-electron chi connectivity index (χ0n) is 14.6. The minimum atomic E-state index is -0.355. The maximum atomic E-state index is 12.5. The second-order valence-corrected chi connectivity index (χ2v) is 7.02. The van der Waals surface area contributed by atoms with Gasteiger partial charge in [0.1, 0.15) is 17.2 Å². The summed E-state index contributed by atoms with van der Waals surface area (Å²) in [7, 11) is 1.60. The van der Waals surface area contributed by atoms with Crippen molar-refractivity contribution in [3.8, 4) is 22.8 Å². The van der Waals surface area contributed by atoms with Gasteiger partial charge in [0.05, 0.1) is 23.0 Å². The lowest BCUT2D eigenvalue weighted by atomic mass is 10.1. The molecule has 4 aromatic rings. The van der Waals surface area contributed by atoms with E-state index < -0.39 is 0 Å². The van der Waals surface area contributed by atoms with Gasteiger partial charge in [-0.3, -0.25) is 15.2 Å². The van der Waals surface area contributed by atoms with E-state index in [1.54, 1.807) is 25.3 Å². The molecular formula is C19H16N4O3S. The van der Waals surface area contributed by atoms with Crippen molar-refractivity contribution in [3.05, 3.63) is 53.7 Å². The van der Waals surface area contributed by atoms with E-state index in [4.69, 9.17) is 4.74 Å². The normalized spacial score (nSPS) is 10.9. The summed E-state index contributed by atoms with van der Waals surface area (Å²) < 4.78 is 6.12. The Hall–Kier alpha value is -3.39. The Balaban J connectivity index is 1.56. The molecule has 2 aromatic heterocycles. The number of anilines is 1. The Morgan fingerprint density at radius 1 is 1.22 bits per heavy atom. The predicted octanol–water partition coefficient (Wildman–Crippen LogP) is 3.96. The molecule has 0 aliphatic carbocycles. The van der Waals surface area contributed by atoms with Gasteiger partial charge in [-0.1, -0.05) is 17.4 Å². The summed E-state index contributed by atoms with van der Waals surface area (Å²) in [5.41, 5.74) is 3.06. The fourth-order valence-corrected chi connectivity index (χ4v) is 3.57. The van der Waals surface area contributed by atoms with E-state index in [0.29, 0.717) is 16.4 Å². The summed E-state index contributed by atoms with van der Waals surface area (Å²) in [6.07, 6.45) is 0. The van der Waals surface area contributed by atoms with Crippen molar-refractivity contribution in [2.75, 3.05) is 12.4 Å². The van der Waals surface area contributed by atoms with Crippen LogP contribution in [-0.4, -0.2) is 33.3 Å². The highest BCUT2D eigenvalue weighted by atomic mass is 32.1. The summed E-state index contributed by atoms with van der Waals surface area (Å²) in [5, 5.41) is 20.2. The molecule has 0 unspecified atom stereocenters. The van der Waals surface area contributed by atoms with Crippen LogP contribution in [0.15, 0.2) is 42.5 Å². The Kier molecular flexibility index (Phi) is 4.25. The number of rotatable bonds is 4. The Labute approximate surface area is 158 Å². The largest absolute Gasteiger partial charge is 0.507 e. The number of ether oxygens (including phenoxy) is 1. The Morgan fingerprint density at radius 3 is 2.85 bits per heavy atom. The number of carbonyl (C=O) groups excluding carboxylic acids is 1. The maximum absolute atomic E-state index is 12.5. The molecule has 0 atom stereocenters. The van der Waals surface area contributed by atoms with Crippen molar-refractivity contribution >= 4 is 32.6 Å². The fourth-order valence-electron chi connectivity index (χ4n) is 2.68. The molecule has 27 heavy (non-hydrogen) atoms. The van der Waals surface area contributed by atoms with E-state index in [2.05, 4.69) is 20.5 Å². The molecule has 7 nitrogen and oxygen atoms in total.